The van der Waals surface area contributed by atoms with Gasteiger partial charge in [0.2, 0.25) is 0 Å². The third-order valence-electron chi connectivity index (χ3n) is 3.55. The third-order valence-corrected chi connectivity index (χ3v) is 5.83. The van der Waals surface area contributed by atoms with Crippen LogP contribution in [0.4, 0.5) is 4.39 Å². The van der Waals surface area contributed by atoms with Gasteiger partial charge in [0.1, 0.15) is 5.82 Å². The van der Waals surface area contributed by atoms with Gasteiger partial charge in [-0.3, -0.25) is 11.3 Å². The molecule has 1 aliphatic rings. The van der Waals surface area contributed by atoms with Crippen molar-refractivity contribution in [3.8, 4) is 0 Å². The molecule has 1 saturated carbocycles. The molecule has 1 fully saturated rings. The van der Waals surface area contributed by atoms with Crippen molar-refractivity contribution < 1.29 is 4.39 Å². The highest BCUT2D eigenvalue weighted by molar-refractivity contribution is 9.10. The van der Waals surface area contributed by atoms with E-state index in [2.05, 4.69) is 21.4 Å². The number of thioether (sulfide) groups is 1. The summed E-state index contributed by atoms with van der Waals surface area (Å²) in [5, 5.41) is 0.799. The van der Waals surface area contributed by atoms with Gasteiger partial charge in [-0.15, -0.1) is 0 Å². The number of nitrogens with one attached hydrogen (secondary N) is 1. The number of benzene rings is 1. The summed E-state index contributed by atoms with van der Waals surface area (Å²) < 4.78 is 13.9. The largest absolute Gasteiger partial charge is 0.271 e. The number of hydrazine groups is 1. The third kappa shape index (κ3) is 4.74. The predicted octanol–water partition coefficient (Wildman–Crippen LogP) is 3.64. The zero-order chi connectivity index (χ0) is 13.7. The van der Waals surface area contributed by atoms with E-state index in [9.17, 15) is 4.39 Å². The molecule has 0 heterocycles. The molecule has 1 aromatic rings. The maximum absolute atomic E-state index is 13.0. The Bertz CT molecular complexity index is 410. The van der Waals surface area contributed by atoms with Crippen molar-refractivity contribution in [1.82, 2.24) is 5.43 Å². The van der Waals surface area contributed by atoms with E-state index in [0.717, 1.165) is 27.5 Å². The quantitative estimate of drug-likeness (QED) is 0.610. The minimum absolute atomic E-state index is 0.215. The molecule has 5 heteroatoms. The highest BCUT2D eigenvalue weighted by atomic mass is 79.9. The van der Waals surface area contributed by atoms with Crippen LogP contribution in [0.25, 0.3) is 0 Å². The Labute approximate surface area is 126 Å². The van der Waals surface area contributed by atoms with Gasteiger partial charge in [0.25, 0.3) is 0 Å². The van der Waals surface area contributed by atoms with Crippen molar-refractivity contribution in [2.75, 3.05) is 5.75 Å². The molecule has 1 aromatic carbocycles. The van der Waals surface area contributed by atoms with Crippen molar-refractivity contribution in [3.05, 3.63) is 34.1 Å². The van der Waals surface area contributed by atoms with Crippen LogP contribution in [0.2, 0.25) is 0 Å². The monoisotopic (exact) mass is 346 g/mol. The van der Waals surface area contributed by atoms with Gasteiger partial charge < -0.3 is 0 Å². The summed E-state index contributed by atoms with van der Waals surface area (Å²) in [4.78, 5) is 0. The van der Waals surface area contributed by atoms with Crippen LogP contribution in [-0.4, -0.2) is 17.0 Å². The Morgan fingerprint density at radius 2 is 2.16 bits per heavy atom. The average Bonchev–Trinajstić information content (AvgIpc) is 2.90. The molecule has 0 amide bonds. The van der Waals surface area contributed by atoms with Crippen molar-refractivity contribution in [2.24, 2.45) is 5.84 Å². The lowest BCUT2D eigenvalue weighted by atomic mass is 10.1. The number of rotatable bonds is 6. The number of halogens is 2. The zero-order valence-corrected chi connectivity index (χ0v) is 13.3. The van der Waals surface area contributed by atoms with E-state index in [4.69, 9.17) is 5.84 Å². The second-order valence-corrected chi connectivity index (χ2v) is 7.23. The van der Waals surface area contributed by atoms with Crippen molar-refractivity contribution in [1.29, 1.82) is 0 Å². The molecule has 3 N–H and O–H groups in total. The van der Waals surface area contributed by atoms with E-state index in [1.807, 2.05) is 17.8 Å². The Kier molecular flexibility index (Phi) is 6.13. The summed E-state index contributed by atoms with van der Waals surface area (Å²) in [6.07, 6.45) is 6.21. The Morgan fingerprint density at radius 1 is 1.42 bits per heavy atom. The lowest BCUT2D eigenvalue weighted by Crippen LogP contribution is -2.39. The highest BCUT2D eigenvalue weighted by Crippen LogP contribution is 2.30. The number of nitrogens with two attached hydrogens (primary N) is 1. The molecule has 19 heavy (non-hydrogen) atoms. The fraction of sp³-hybridized carbons (Fsp3) is 0.571. The second kappa shape index (κ2) is 7.62. The Hall–Kier alpha value is -0.100. The molecule has 0 aliphatic heterocycles. The predicted molar refractivity (Wildman–Crippen MR) is 83.6 cm³/mol. The summed E-state index contributed by atoms with van der Waals surface area (Å²) >= 11 is 5.42. The Balaban J connectivity index is 1.86. The lowest BCUT2D eigenvalue weighted by Gasteiger charge is -2.18. The lowest BCUT2D eigenvalue weighted by molar-refractivity contribution is 0.571. The van der Waals surface area contributed by atoms with Gasteiger partial charge in [-0.25, -0.2) is 4.39 Å². The van der Waals surface area contributed by atoms with E-state index in [1.165, 1.54) is 37.8 Å². The molecule has 2 rings (SSSR count). The van der Waals surface area contributed by atoms with E-state index >= 15 is 0 Å². The fourth-order valence-electron chi connectivity index (χ4n) is 2.43. The van der Waals surface area contributed by atoms with E-state index in [1.54, 1.807) is 0 Å². The second-order valence-electron chi connectivity index (χ2n) is 5.04. The molecule has 0 saturated heterocycles. The summed E-state index contributed by atoms with van der Waals surface area (Å²) in [6, 6.07) is 5.06. The maximum atomic E-state index is 13.0. The summed E-state index contributed by atoms with van der Waals surface area (Å²) in [5.41, 5.74) is 3.97. The first kappa shape index (κ1) is 15.3. The van der Waals surface area contributed by atoms with Gasteiger partial charge in [-0.05, 0) is 37.0 Å². The van der Waals surface area contributed by atoms with Crippen molar-refractivity contribution >= 4 is 27.7 Å². The molecular weight excluding hydrogens is 327 g/mol. The molecule has 2 nitrogen and oxygen atoms in total. The van der Waals surface area contributed by atoms with Gasteiger partial charge in [0.15, 0.2) is 0 Å². The van der Waals surface area contributed by atoms with Crippen molar-refractivity contribution in [3.63, 3.8) is 0 Å². The molecule has 106 valence electrons. The number of hydrogen-bond acceptors (Lipinski definition) is 3. The smallest absolute Gasteiger partial charge is 0.124 e. The topological polar surface area (TPSA) is 38.0 Å². The molecule has 0 spiro atoms. The van der Waals surface area contributed by atoms with Gasteiger partial charge in [0.05, 0.1) is 0 Å². The summed E-state index contributed by atoms with van der Waals surface area (Å²) in [7, 11) is 0. The highest BCUT2D eigenvalue weighted by Gasteiger charge is 2.18. The van der Waals surface area contributed by atoms with Crippen LogP contribution in [0, 0.1) is 5.82 Å². The first-order valence-corrected chi connectivity index (χ1v) is 8.55. The van der Waals surface area contributed by atoms with E-state index in [0.29, 0.717) is 0 Å². The SMILES string of the molecule is NNC(CSC1CCCC1)Cc1ccc(F)cc1Br. The van der Waals surface area contributed by atoms with Gasteiger partial charge >= 0.3 is 0 Å². The first-order valence-electron chi connectivity index (χ1n) is 6.70. The maximum Gasteiger partial charge on any atom is 0.124 e. The van der Waals surface area contributed by atoms with Crippen LogP contribution < -0.4 is 11.3 Å². The van der Waals surface area contributed by atoms with Crippen LogP contribution >= 0.6 is 27.7 Å². The normalized spacial score (nSPS) is 17.8. The molecule has 0 bridgehead atoms. The fourth-order valence-corrected chi connectivity index (χ4v) is 4.32. The van der Waals surface area contributed by atoms with Crippen LogP contribution in [0.1, 0.15) is 31.2 Å². The summed E-state index contributed by atoms with van der Waals surface area (Å²) in [6.45, 7) is 0. The van der Waals surface area contributed by atoms with E-state index in [-0.39, 0.29) is 11.9 Å². The van der Waals surface area contributed by atoms with Gasteiger partial charge in [0, 0.05) is 21.5 Å². The minimum atomic E-state index is -0.215. The minimum Gasteiger partial charge on any atom is -0.271 e. The standard InChI is InChI=1S/C14H20BrFN2S/c15-14-8-11(16)6-5-10(14)7-12(18-17)9-19-13-3-1-2-4-13/h5-6,8,12-13,18H,1-4,7,9,17H2. The Morgan fingerprint density at radius 3 is 2.79 bits per heavy atom. The van der Waals surface area contributed by atoms with Crippen LogP contribution in [0.3, 0.4) is 0 Å². The average molecular weight is 347 g/mol. The molecule has 0 aromatic heterocycles. The van der Waals surface area contributed by atoms with Crippen LogP contribution in [-0.2, 0) is 6.42 Å². The van der Waals surface area contributed by atoms with Crippen LogP contribution in [0.15, 0.2) is 22.7 Å². The molecule has 1 aliphatic carbocycles. The number of hydrogen-bond donors (Lipinski definition) is 2. The molecule has 1 unspecified atom stereocenters. The first-order chi connectivity index (χ1) is 9.19. The van der Waals surface area contributed by atoms with Gasteiger partial charge in [-0.1, -0.05) is 34.8 Å². The molecule has 0 radical (unpaired) electrons. The van der Waals surface area contributed by atoms with Gasteiger partial charge in [-0.2, -0.15) is 11.8 Å². The molecular formula is C14H20BrFN2S. The zero-order valence-electron chi connectivity index (χ0n) is 10.9. The van der Waals surface area contributed by atoms with E-state index < -0.39 is 0 Å². The molecule has 1 atom stereocenters. The van der Waals surface area contributed by atoms with Crippen molar-refractivity contribution in [2.45, 2.75) is 43.4 Å². The van der Waals surface area contributed by atoms with Crippen LogP contribution in [0.5, 0.6) is 0 Å². The summed E-state index contributed by atoms with van der Waals surface area (Å²) in [5.74, 6) is 6.42.